The molecule has 3 atom stereocenters. The molecule has 2 aromatic rings. The number of likely N-dealkylation sites (N-methyl/N-ethyl adjacent to an activating group) is 1. The number of halogens is 1. The Bertz CT molecular complexity index is 766. The molecule has 0 amide bonds. The number of hydrogen-bond acceptors (Lipinski definition) is 4. The summed E-state index contributed by atoms with van der Waals surface area (Å²) in [5.74, 6) is -0.136. The van der Waals surface area contributed by atoms with Crippen LogP contribution in [0.4, 0.5) is 10.1 Å². The van der Waals surface area contributed by atoms with Gasteiger partial charge in [0.15, 0.2) is 11.6 Å². The van der Waals surface area contributed by atoms with Crippen molar-refractivity contribution in [3.05, 3.63) is 59.4 Å². The van der Waals surface area contributed by atoms with Crippen molar-refractivity contribution < 1.29 is 9.13 Å². The van der Waals surface area contributed by atoms with Crippen LogP contribution in [0.5, 0.6) is 5.75 Å². The summed E-state index contributed by atoms with van der Waals surface area (Å²) >= 11 is 0. The maximum Gasteiger partial charge on any atom is 0.167 e. The summed E-state index contributed by atoms with van der Waals surface area (Å²) in [6.45, 7) is 2.04. The van der Waals surface area contributed by atoms with E-state index >= 15 is 0 Å². The normalized spacial score (nSPS) is 25.9. The summed E-state index contributed by atoms with van der Waals surface area (Å²) < 4.78 is 20.5. The van der Waals surface area contributed by atoms with Crippen LogP contribution < -0.4 is 15.8 Å². The average Bonchev–Trinajstić information content (AvgIpc) is 3.22. The van der Waals surface area contributed by atoms with E-state index in [-0.39, 0.29) is 17.9 Å². The minimum atomic E-state index is -0.405. The van der Waals surface area contributed by atoms with Crippen molar-refractivity contribution in [3.63, 3.8) is 0 Å². The third-order valence-electron chi connectivity index (χ3n) is 5.45. The van der Waals surface area contributed by atoms with Crippen LogP contribution in [0.2, 0.25) is 0 Å². The van der Waals surface area contributed by atoms with Gasteiger partial charge in [0.2, 0.25) is 0 Å². The predicted octanol–water partition coefficient (Wildman–Crippen LogP) is 2.75. The van der Waals surface area contributed by atoms with Gasteiger partial charge in [-0.2, -0.15) is 0 Å². The molecule has 4 rings (SSSR count). The summed E-state index contributed by atoms with van der Waals surface area (Å²) in [5.41, 5.74) is 8.52. The predicted molar refractivity (Wildman–Crippen MR) is 97.2 cm³/mol. The number of rotatable bonds is 4. The fourth-order valence-electron chi connectivity index (χ4n) is 4.07. The molecule has 1 aliphatic carbocycles. The Kier molecular flexibility index (Phi) is 4.36. The van der Waals surface area contributed by atoms with E-state index in [9.17, 15) is 4.39 Å². The van der Waals surface area contributed by atoms with Crippen molar-refractivity contribution >= 4 is 5.69 Å². The van der Waals surface area contributed by atoms with Crippen molar-refractivity contribution in [1.82, 2.24) is 10.2 Å². The number of nitrogen functional groups attached to an aromatic ring is 1. The standard InChI is InChI=1S/C20H24FN3O/c1-23-15-8-9-24(12-15)18-10-13-4-2-3-5-16(13)20(18)25-19-7-6-14(22)11-17(19)21/h2-7,11,15,18,20,23H,8-10,12,22H2,1H3/t15?,18-,20-/m1/s1. The molecular formula is C20H24FN3O. The summed E-state index contributed by atoms with van der Waals surface area (Å²) in [5, 5.41) is 3.36. The van der Waals surface area contributed by atoms with Crippen LogP contribution in [-0.4, -0.2) is 37.1 Å². The third-order valence-corrected chi connectivity index (χ3v) is 5.45. The van der Waals surface area contributed by atoms with Crippen LogP contribution in [0.15, 0.2) is 42.5 Å². The summed E-state index contributed by atoms with van der Waals surface area (Å²) in [4.78, 5) is 2.47. The molecule has 0 radical (unpaired) electrons. The van der Waals surface area contributed by atoms with Crippen molar-refractivity contribution in [3.8, 4) is 5.75 Å². The Morgan fingerprint density at radius 3 is 2.84 bits per heavy atom. The molecule has 0 saturated carbocycles. The highest BCUT2D eigenvalue weighted by molar-refractivity contribution is 5.44. The molecule has 2 aliphatic rings. The molecule has 1 unspecified atom stereocenters. The van der Waals surface area contributed by atoms with E-state index in [1.807, 2.05) is 13.1 Å². The lowest BCUT2D eigenvalue weighted by Crippen LogP contribution is -2.40. The lowest BCUT2D eigenvalue weighted by molar-refractivity contribution is 0.0893. The van der Waals surface area contributed by atoms with Gasteiger partial charge in [0.1, 0.15) is 6.10 Å². The molecule has 1 heterocycles. The number of likely N-dealkylation sites (tertiary alicyclic amines) is 1. The number of nitrogens with two attached hydrogens (primary N) is 1. The highest BCUT2D eigenvalue weighted by atomic mass is 19.1. The summed E-state index contributed by atoms with van der Waals surface area (Å²) in [6.07, 6.45) is 1.91. The molecule has 0 aromatic heterocycles. The average molecular weight is 341 g/mol. The molecule has 0 bridgehead atoms. The second-order valence-corrected chi connectivity index (χ2v) is 6.97. The van der Waals surface area contributed by atoms with Gasteiger partial charge in [0, 0.05) is 30.9 Å². The number of hydrogen-bond donors (Lipinski definition) is 2. The maximum atomic E-state index is 14.3. The van der Waals surface area contributed by atoms with Gasteiger partial charge in [-0.05, 0) is 43.1 Å². The second kappa shape index (κ2) is 6.65. The lowest BCUT2D eigenvalue weighted by atomic mass is 10.1. The van der Waals surface area contributed by atoms with Crippen LogP contribution in [0, 0.1) is 5.82 Å². The fourth-order valence-corrected chi connectivity index (χ4v) is 4.07. The molecule has 5 heteroatoms. The zero-order valence-corrected chi connectivity index (χ0v) is 14.4. The van der Waals surface area contributed by atoms with Crippen molar-refractivity contribution in [2.24, 2.45) is 0 Å². The Hall–Kier alpha value is -2.11. The monoisotopic (exact) mass is 341 g/mol. The molecule has 132 valence electrons. The van der Waals surface area contributed by atoms with Gasteiger partial charge in [0.05, 0.1) is 6.04 Å². The molecule has 2 aromatic carbocycles. The second-order valence-electron chi connectivity index (χ2n) is 6.97. The van der Waals surface area contributed by atoms with Gasteiger partial charge < -0.3 is 15.8 Å². The number of benzene rings is 2. The highest BCUT2D eigenvalue weighted by Gasteiger charge is 2.40. The lowest BCUT2D eigenvalue weighted by Gasteiger charge is -2.30. The van der Waals surface area contributed by atoms with E-state index in [1.165, 1.54) is 11.6 Å². The van der Waals surface area contributed by atoms with Crippen LogP contribution in [0.3, 0.4) is 0 Å². The van der Waals surface area contributed by atoms with Crippen LogP contribution in [0.1, 0.15) is 23.7 Å². The summed E-state index contributed by atoms with van der Waals surface area (Å²) in [7, 11) is 2.01. The zero-order valence-electron chi connectivity index (χ0n) is 14.4. The first-order chi connectivity index (χ1) is 12.2. The Morgan fingerprint density at radius 1 is 1.24 bits per heavy atom. The number of nitrogens with zero attached hydrogens (tertiary/aromatic N) is 1. The van der Waals surface area contributed by atoms with E-state index in [0.29, 0.717) is 11.7 Å². The number of ether oxygens (including phenoxy) is 1. The third kappa shape index (κ3) is 3.10. The van der Waals surface area contributed by atoms with E-state index in [1.54, 1.807) is 12.1 Å². The first-order valence-corrected chi connectivity index (χ1v) is 8.86. The van der Waals surface area contributed by atoms with Gasteiger partial charge in [-0.3, -0.25) is 4.90 Å². The van der Waals surface area contributed by atoms with Gasteiger partial charge in [0.25, 0.3) is 0 Å². The minimum absolute atomic E-state index is 0.162. The Balaban J connectivity index is 1.63. The van der Waals surface area contributed by atoms with Crippen molar-refractivity contribution in [2.75, 3.05) is 25.9 Å². The quantitative estimate of drug-likeness (QED) is 0.840. The van der Waals surface area contributed by atoms with Crippen LogP contribution in [0.25, 0.3) is 0 Å². The first-order valence-electron chi connectivity index (χ1n) is 8.86. The first kappa shape index (κ1) is 16.4. The highest BCUT2D eigenvalue weighted by Crippen LogP contribution is 2.39. The molecule has 4 nitrogen and oxygen atoms in total. The van der Waals surface area contributed by atoms with Crippen molar-refractivity contribution in [1.29, 1.82) is 0 Å². The van der Waals surface area contributed by atoms with Crippen LogP contribution >= 0.6 is 0 Å². The van der Waals surface area contributed by atoms with Gasteiger partial charge >= 0.3 is 0 Å². The number of nitrogens with one attached hydrogen (secondary N) is 1. The largest absolute Gasteiger partial charge is 0.481 e. The van der Waals surface area contributed by atoms with Crippen molar-refractivity contribution in [2.45, 2.75) is 31.0 Å². The van der Waals surface area contributed by atoms with Gasteiger partial charge in [-0.15, -0.1) is 0 Å². The molecule has 1 aliphatic heterocycles. The van der Waals surface area contributed by atoms with E-state index in [0.717, 1.165) is 31.5 Å². The fraction of sp³-hybridized carbons (Fsp3) is 0.400. The van der Waals surface area contributed by atoms with E-state index in [2.05, 4.69) is 28.4 Å². The number of anilines is 1. The molecular weight excluding hydrogens is 317 g/mol. The number of fused-ring (bicyclic) bond motifs is 1. The van der Waals surface area contributed by atoms with Gasteiger partial charge in [-0.25, -0.2) is 4.39 Å². The summed E-state index contributed by atoms with van der Waals surface area (Å²) in [6, 6.07) is 13.7. The Labute approximate surface area is 147 Å². The SMILES string of the molecule is CNC1CCN([C@@H]2Cc3ccccc3[C@H]2Oc2ccc(N)cc2F)C1. The minimum Gasteiger partial charge on any atom is -0.481 e. The molecule has 1 fully saturated rings. The van der Waals surface area contributed by atoms with E-state index < -0.39 is 5.82 Å². The topological polar surface area (TPSA) is 50.5 Å². The van der Waals surface area contributed by atoms with Gasteiger partial charge in [-0.1, -0.05) is 24.3 Å². The smallest absolute Gasteiger partial charge is 0.167 e. The zero-order chi connectivity index (χ0) is 17.4. The molecule has 25 heavy (non-hydrogen) atoms. The van der Waals surface area contributed by atoms with E-state index in [4.69, 9.17) is 10.5 Å². The molecule has 0 spiro atoms. The van der Waals surface area contributed by atoms with Crippen LogP contribution in [-0.2, 0) is 6.42 Å². The maximum absolute atomic E-state index is 14.3. The Morgan fingerprint density at radius 2 is 2.08 bits per heavy atom. The molecule has 3 N–H and O–H groups in total. The molecule has 1 saturated heterocycles.